The zero-order valence-corrected chi connectivity index (χ0v) is 15.8. The third kappa shape index (κ3) is 4.43. The van der Waals surface area contributed by atoms with Crippen LogP contribution in [0.25, 0.3) is 0 Å². The Balaban J connectivity index is 1.48. The molecule has 28 heavy (non-hydrogen) atoms. The van der Waals surface area contributed by atoms with Crippen molar-refractivity contribution in [1.29, 1.82) is 0 Å². The normalized spacial score (nSPS) is 17.2. The average Bonchev–Trinajstić information content (AvgIpc) is 2.76. The van der Waals surface area contributed by atoms with Crippen LogP contribution in [0.1, 0.15) is 46.9 Å². The summed E-state index contributed by atoms with van der Waals surface area (Å²) in [6, 6.07) is 18.0. The van der Waals surface area contributed by atoms with E-state index < -0.39 is 0 Å². The largest absolute Gasteiger partial charge is 0.321 e. The molecule has 0 radical (unpaired) electrons. The van der Waals surface area contributed by atoms with Crippen molar-refractivity contribution in [3.8, 4) is 0 Å². The molecule has 1 atom stereocenters. The first kappa shape index (κ1) is 18.3. The maximum atomic E-state index is 12.6. The fourth-order valence-corrected chi connectivity index (χ4v) is 3.77. The third-order valence-electron chi connectivity index (χ3n) is 5.14. The zero-order chi connectivity index (χ0) is 19.2. The number of amides is 1. The molecule has 5 nitrogen and oxygen atoms in total. The van der Waals surface area contributed by atoms with Crippen LogP contribution in [0.4, 0.5) is 5.69 Å². The van der Waals surface area contributed by atoms with Crippen molar-refractivity contribution >= 4 is 11.6 Å². The number of hydrogen-bond acceptors (Lipinski definition) is 4. The highest BCUT2D eigenvalue weighted by atomic mass is 16.1. The van der Waals surface area contributed by atoms with E-state index in [9.17, 15) is 4.79 Å². The third-order valence-corrected chi connectivity index (χ3v) is 5.14. The Morgan fingerprint density at radius 1 is 1.07 bits per heavy atom. The van der Waals surface area contributed by atoms with Gasteiger partial charge in [0.1, 0.15) is 0 Å². The highest BCUT2D eigenvalue weighted by Gasteiger charge is 2.25. The first-order valence-electron chi connectivity index (χ1n) is 9.75. The predicted molar refractivity (Wildman–Crippen MR) is 110 cm³/mol. The van der Waals surface area contributed by atoms with E-state index >= 15 is 0 Å². The molecule has 1 unspecified atom stereocenters. The molecule has 1 aromatic carbocycles. The van der Waals surface area contributed by atoms with Crippen molar-refractivity contribution in [1.82, 2.24) is 14.9 Å². The molecule has 2 aromatic heterocycles. The Hall–Kier alpha value is -3.05. The predicted octanol–water partition coefficient (Wildman–Crippen LogP) is 4.46. The molecule has 1 saturated heterocycles. The van der Waals surface area contributed by atoms with E-state index in [0.717, 1.165) is 30.8 Å². The van der Waals surface area contributed by atoms with Crippen LogP contribution in [0, 0.1) is 0 Å². The van der Waals surface area contributed by atoms with Crippen LogP contribution in [0.5, 0.6) is 0 Å². The van der Waals surface area contributed by atoms with Crippen LogP contribution in [-0.2, 0) is 6.54 Å². The van der Waals surface area contributed by atoms with Gasteiger partial charge in [-0.3, -0.25) is 19.7 Å². The summed E-state index contributed by atoms with van der Waals surface area (Å²) in [7, 11) is 0. The van der Waals surface area contributed by atoms with Crippen LogP contribution < -0.4 is 5.32 Å². The number of carbonyl (C=O) groups excluding carboxylic acids is 1. The minimum Gasteiger partial charge on any atom is -0.321 e. The lowest BCUT2D eigenvalue weighted by molar-refractivity contribution is 0.102. The summed E-state index contributed by atoms with van der Waals surface area (Å²) >= 11 is 0. The molecule has 4 rings (SSSR count). The number of rotatable bonds is 5. The van der Waals surface area contributed by atoms with Gasteiger partial charge in [-0.15, -0.1) is 0 Å². The first-order chi connectivity index (χ1) is 13.8. The Kier molecular flexibility index (Phi) is 5.73. The number of pyridine rings is 2. The minimum absolute atomic E-state index is 0.116. The zero-order valence-electron chi connectivity index (χ0n) is 15.8. The number of piperidine rings is 1. The summed E-state index contributed by atoms with van der Waals surface area (Å²) < 4.78 is 0. The molecule has 1 fully saturated rings. The second-order valence-corrected chi connectivity index (χ2v) is 7.13. The summed E-state index contributed by atoms with van der Waals surface area (Å²) in [5, 5.41) is 2.90. The number of nitrogens with zero attached hydrogens (tertiary/aromatic N) is 3. The molecule has 3 heterocycles. The summed E-state index contributed by atoms with van der Waals surface area (Å²) in [5.74, 6) is -0.116. The Morgan fingerprint density at radius 2 is 2.04 bits per heavy atom. The van der Waals surface area contributed by atoms with Gasteiger partial charge in [0, 0.05) is 24.5 Å². The summed E-state index contributed by atoms with van der Waals surface area (Å²) in [6.45, 7) is 1.86. The molecule has 0 aliphatic carbocycles. The molecular formula is C23H24N4O. The number of hydrogen-bond donors (Lipinski definition) is 1. The van der Waals surface area contributed by atoms with Gasteiger partial charge in [0.25, 0.3) is 5.91 Å². The van der Waals surface area contributed by atoms with Crippen molar-refractivity contribution < 1.29 is 4.79 Å². The van der Waals surface area contributed by atoms with Gasteiger partial charge in [-0.2, -0.15) is 0 Å². The average molecular weight is 372 g/mol. The lowest BCUT2D eigenvalue weighted by Crippen LogP contribution is -2.33. The van der Waals surface area contributed by atoms with Gasteiger partial charge in [0.05, 0.1) is 23.6 Å². The van der Waals surface area contributed by atoms with Crippen LogP contribution in [-0.4, -0.2) is 27.3 Å². The van der Waals surface area contributed by atoms with Gasteiger partial charge in [-0.1, -0.05) is 24.6 Å². The number of anilines is 1. The van der Waals surface area contributed by atoms with Crippen molar-refractivity contribution in [3.63, 3.8) is 0 Å². The number of benzene rings is 1. The lowest BCUT2D eigenvalue weighted by atomic mass is 9.97. The summed E-state index contributed by atoms with van der Waals surface area (Å²) in [6.07, 6.45) is 8.75. The van der Waals surface area contributed by atoms with Crippen molar-refractivity contribution in [3.05, 3.63) is 90.0 Å². The molecule has 5 heteroatoms. The molecule has 0 bridgehead atoms. The van der Waals surface area contributed by atoms with Gasteiger partial charge >= 0.3 is 0 Å². The second kappa shape index (κ2) is 8.76. The maximum absolute atomic E-state index is 12.6. The van der Waals surface area contributed by atoms with E-state index in [0.29, 0.717) is 17.3 Å². The highest BCUT2D eigenvalue weighted by molar-refractivity contribution is 6.04. The van der Waals surface area contributed by atoms with Gasteiger partial charge < -0.3 is 5.32 Å². The van der Waals surface area contributed by atoms with E-state index in [2.05, 4.69) is 38.4 Å². The van der Waals surface area contributed by atoms with E-state index in [1.807, 2.05) is 36.5 Å². The molecule has 3 aromatic rings. The lowest BCUT2D eigenvalue weighted by Gasteiger charge is -2.35. The fourth-order valence-electron chi connectivity index (χ4n) is 3.77. The second-order valence-electron chi connectivity index (χ2n) is 7.13. The van der Waals surface area contributed by atoms with E-state index in [-0.39, 0.29) is 5.91 Å². The molecule has 1 aliphatic heterocycles. The number of aromatic nitrogens is 2. The molecule has 0 spiro atoms. The standard InChI is InChI=1S/C23H24N4O/c28-23(26-20-9-6-12-24-16-20)19-8-5-7-18(15-19)17-27-14-4-2-11-22(27)21-10-1-3-13-25-21/h1,3,5-10,12-13,15-16,22H,2,4,11,14,17H2,(H,26,28). The minimum atomic E-state index is -0.116. The number of nitrogens with one attached hydrogen (secondary N) is 1. The van der Waals surface area contributed by atoms with Crippen molar-refractivity contribution in [2.24, 2.45) is 0 Å². The van der Waals surface area contributed by atoms with Crippen LogP contribution in [0.3, 0.4) is 0 Å². The Labute approximate surface area is 165 Å². The highest BCUT2D eigenvalue weighted by Crippen LogP contribution is 2.31. The topological polar surface area (TPSA) is 58.1 Å². The van der Waals surface area contributed by atoms with Crippen LogP contribution in [0.2, 0.25) is 0 Å². The SMILES string of the molecule is O=C(Nc1cccnc1)c1cccc(CN2CCCCC2c2ccccn2)c1. The maximum Gasteiger partial charge on any atom is 0.255 e. The number of carbonyl (C=O) groups is 1. The van der Waals surface area contributed by atoms with E-state index in [4.69, 9.17) is 0 Å². The molecule has 1 amide bonds. The fraction of sp³-hybridized carbons (Fsp3) is 0.261. The van der Waals surface area contributed by atoms with Gasteiger partial charge in [-0.05, 0) is 61.3 Å². The van der Waals surface area contributed by atoms with Gasteiger partial charge in [0.15, 0.2) is 0 Å². The Bertz CT molecular complexity index is 914. The van der Waals surface area contributed by atoms with Crippen LogP contribution in [0.15, 0.2) is 73.2 Å². The number of likely N-dealkylation sites (tertiary alicyclic amines) is 1. The molecule has 1 N–H and O–H groups in total. The molecule has 142 valence electrons. The monoisotopic (exact) mass is 372 g/mol. The summed E-state index contributed by atoms with van der Waals surface area (Å²) in [5.41, 5.74) is 3.63. The van der Waals surface area contributed by atoms with Gasteiger partial charge in [0.2, 0.25) is 0 Å². The van der Waals surface area contributed by atoms with Crippen molar-refractivity contribution in [2.45, 2.75) is 31.8 Å². The van der Waals surface area contributed by atoms with Crippen molar-refractivity contribution in [2.75, 3.05) is 11.9 Å². The van der Waals surface area contributed by atoms with Gasteiger partial charge in [-0.25, -0.2) is 0 Å². The smallest absolute Gasteiger partial charge is 0.255 e. The molecule has 1 aliphatic rings. The van der Waals surface area contributed by atoms with E-state index in [1.165, 1.54) is 12.8 Å². The molecular weight excluding hydrogens is 348 g/mol. The van der Waals surface area contributed by atoms with Crippen LogP contribution >= 0.6 is 0 Å². The summed E-state index contributed by atoms with van der Waals surface area (Å²) in [4.78, 5) is 23.7. The van der Waals surface area contributed by atoms with E-state index in [1.54, 1.807) is 18.5 Å². The quantitative estimate of drug-likeness (QED) is 0.719. The Morgan fingerprint density at radius 3 is 2.86 bits per heavy atom. The first-order valence-corrected chi connectivity index (χ1v) is 9.75. The molecule has 0 saturated carbocycles.